The second-order valence-electron chi connectivity index (χ2n) is 2.81. The van der Waals surface area contributed by atoms with Crippen LogP contribution in [0.5, 0.6) is 0 Å². The number of hydrogen-bond acceptors (Lipinski definition) is 5. The van der Waals surface area contributed by atoms with Crippen LogP contribution in [0.3, 0.4) is 0 Å². The van der Waals surface area contributed by atoms with Crippen molar-refractivity contribution in [1.82, 2.24) is 4.98 Å². The van der Waals surface area contributed by atoms with Gasteiger partial charge in [0, 0.05) is 19.0 Å². The minimum atomic E-state index is -0.888. The summed E-state index contributed by atoms with van der Waals surface area (Å²) < 4.78 is 4.99. The maximum atomic E-state index is 10.4. The van der Waals surface area contributed by atoms with Gasteiger partial charge in [0.1, 0.15) is 5.15 Å². The van der Waals surface area contributed by atoms with Crippen LogP contribution in [0.2, 0.25) is 5.15 Å². The molecule has 1 atom stereocenters. The lowest BCUT2D eigenvalue weighted by Crippen LogP contribution is -2.24. The molecule has 0 amide bonds. The molecule has 0 saturated carbocycles. The maximum absolute atomic E-state index is 10.4. The summed E-state index contributed by atoms with van der Waals surface area (Å²) in [5.74, 6) is -0.888. The van der Waals surface area contributed by atoms with E-state index in [0.29, 0.717) is 16.8 Å². The molecule has 1 aromatic heterocycles. The minimum Gasteiger partial charge on any atom is -0.481 e. The SMILES string of the molecule is COC(CNc1nc(Cl)cs1)CC(=O)O. The van der Waals surface area contributed by atoms with Crippen molar-refractivity contribution in [2.75, 3.05) is 19.0 Å². The normalized spacial score (nSPS) is 12.4. The summed E-state index contributed by atoms with van der Waals surface area (Å²) >= 11 is 6.99. The monoisotopic (exact) mass is 250 g/mol. The molecule has 0 aliphatic rings. The van der Waals surface area contributed by atoms with Gasteiger partial charge < -0.3 is 15.2 Å². The molecule has 0 aliphatic heterocycles. The smallest absolute Gasteiger partial charge is 0.306 e. The molecule has 0 fully saturated rings. The van der Waals surface area contributed by atoms with Crippen LogP contribution in [0.4, 0.5) is 5.13 Å². The summed E-state index contributed by atoms with van der Waals surface area (Å²) in [4.78, 5) is 14.4. The Morgan fingerprint density at radius 3 is 3.07 bits per heavy atom. The first-order valence-electron chi connectivity index (χ1n) is 4.21. The van der Waals surface area contributed by atoms with Crippen LogP contribution in [0.1, 0.15) is 6.42 Å². The van der Waals surface area contributed by atoms with Crippen LogP contribution in [-0.2, 0) is 9.53 Å². The number of halogens is 1. The zero-order chi connectivity index (χ0) is 11.3. The second-order valence-corrected chi connectivity index (χ2v) is 4.06. The number of carboxylic acids is 1. The molecule has 2 N–H and O–H groups in total. The van der Waals surface area contributed by atoms with Crippen LogP contribution >= 0.6 is 22.9 Å². The molecular weight excluding hydrogens is 240 g/mol. The van der Waals surface area contributed by atoms with Gasteiger partial charge in [-0.25, -0.2) is 4.98 Å². The van der Waals surface area contributed by atoms with E-state index in [4.69, 9.17) is 21.4 Å². The van der Waals surface area contributed by atoms with Crippen molar-refractivity contribution in [3.05, 3.63) is 10.5 Å². The summed E-state index contributed by atoms with van der Waals surface area (Å²) in [7, 11) is 1.48. The molecule has 0 aliphatic carbocycles. The Bertz CT molecular complexity index is 331. The third-order valence-corrected chi connectivity index (χ3v) is 2.82. The van der Waals surface area contributed by atoms with Gasteiger partial charge in [0.15, 0.2) is 5.13 Å². The van der Waals surface area contributed by atoms with Gasteiger partial charge in [-0.05, 0) is 0 Å². The first-order chi connectivity index (χ1) is 7.11. The number of aliphatic carboxylic acids is 1. The van der Waals surface area contributed by atoms with Crippen LogP contribution in [-0.4, -0.2) is 35.8 Å². The molecule has 1 aromatic rings. The van der Waals surface area contributed by atoms with Crippen molar-refractivity contribution in [3.8, 4) is 0 Å². The molecule has 0 bridgehead atoms. The first kappa shape index (κ1) is 12.2. The van der Waals surface area contributed by atoms with E-state index in [0.717, 1.165) is 0 Å². The van der Waals surface area contributed by atoms with E-state index >= 15 is 0 Å². The van der Waals surface area contributed by atoms with Gasteiger partial charge in [0.25, 0.3) is 0 Å². The molecule has 0 saturated heterocycles. The van der Waals surface area contributed by atoms with Gasteiger partial charge in [0.2, 0.25) is 0 Å². The second kappa shape index (κ2) is 5.89. The number of ether oxygens (including phenoxy) is 1. The Morgan fingerprint density at radius 1 is 1.87 bits per heavy atom. The number of carboxylic acid groups (broad SMARTS) is 1. The third kappa shape index (κ3) is 4.46. The Hall–Kier alpha value is -0.850. The summed E-state index contributed by atoms with van der Waals surface area (Å²) in [5.41, 5.74) is 0. The van der Waals surface area contributed by atoms with Gasteiger partial charge in [-0.1, -0.05) is 11.6 Å². The van der Waals surface area contributed by atoms with E-state index in [9.17, 15) is 4.79 Å². The predicted octanol–water partition coefficient (Wildman–Crippen LogP) is 1.70. The number of methoxy groups -OCH3 is 1. The highest BCUT2D eigenvalue weighted by Gasteiger charge is 2.12. The Balaban J connectivity index is 2.37. The van der Waals surface area contributed by atoms with Gasteiger partial charge in [-0.2, -0.15) is 0 Å². The number of anilines is 1. The molecule has 0 radical (unpaired) electrons. The predicted molar refractivity (Wildman–Crippen MR) is 58.7 cm³/mol. The average Bonchev–Trinajstić information content (AvgIpc) is 2.58. The summed E-state index contributed by atoms with van der Waals surface area (Å²) in [6, 6.07) is 0. The lowest BCUT2D eigenvalue weighted by molar-refractivity contribution is -0.139. The minimum absolute atomic E-state index is 0.0391. The highest BCUT2D eigenvalue weighted by atomic mass is 35.5. The number of thiazole rings is 1. The molecular formula is C8H11ClN2O3S. The molecule has 15 heavy (non-hydrogen) atoms. The van der Waals surface area contributed by atoms with Crippen LogP contribution in [0.25, 0.3) is 0 Å². The van der Waals surface area contributed by atoms with Crippen molar-refractivity contribution < 1.29 is 14.6 Å². The van der Waals surface area contributed by atoms with Crippen molar-refractivity contribution in [3.63, 3.8) is 0 Å². The van der Waals surface area contributed by atoms with E-state index in [1.807, 2.05) is 0 Å². The maximum Gasteiger partial charge on any atom is 0.306 e. The number of nitrogens with one attached hydrogen (secondary N) is 1. The standard InChI is InChI=1S/C8H11ClN2O3S/c1-14-5(2-7(12)13)3-10-8-11-6(9)4-15-8/h4-5H,2-3H2,1H3,(H,10,11)(H,12,13). The quantitative estimate of drug-likeness (QED) is 0.804. The molecule has 0 spiro atoms. The van der Waals surface area contributed by atoms with Crippen LogP contribution in [0, 0.1) is 0 Å². The largest absolute Gasteiger partial charge is 0.481 e. The number of nitrogens with zero attached hydrogens (tertiary/aromatic N) is 1. The van der Waals surface area contributed by atoms with Crippen molar-refractivity contribution in [1.29, 1.82) is 0 Å². The average molecular weight is 251 g/mol. The molecule has 1 rings (SSSR count). The van der Waals surface area contributed by atoms with E-state index in [2.05, 4.69) is 10.3 Å². The van der Waals surface area contributed by atoms with E-state index in [-0.39, 0.29) is 12.5 Å². The number of aromatic nitrogens is 1. The number of rotatable bonds is 6. The van der Waals surface area contributed by atoms with Gasteiger partial charge >= 0.3 is 5.97 Å². The fourth-order valence-electron chi connectivity index (χ4n) is 0.970. The van der Waals surface area contributed by atoms with Gasteiger partial charge in [0.05, 0.1) is 12.5 Å². The fraction of sp³-hybridized carbons (Fsp3) is 0.500. The summed E-state index contributed by atoms with van der Waals surface area (Å²) in [6.45, 7) is 0.395. The fourth-order valence-corrected chi connectivity index (χ4v) is 1.82. The first-order valence-corrected chi connectivity index (χ1v) is 5.47. The molecule has 1 unspecified atom stereocenters. The van der Waals surface area contributed by atoms with Crippen LogP contribution in [0.15, 0.2) is 5.38 Å². The zero-order valence-electron chi connectivity index (χ0n) is 8.07. The lowest BCUT2D eigenvalue weighted by Gasteiger charge is -2.12. The Kier molecular flexibility index (Phi) is 4.80. The van der Waals surface area contributed by atoms with Crippen LogP contribution < -0.4 is 5.32 Å². The highest BCUT2D eigenvalue weighted by Crippen LogP contribution is 2.18. The molecule has 0 aromatic carbocycles. The Labute approximate surface area is 96.0 Å². The van der Waals surface area contributed by atoms with Crippen molar-refractivity contribution in [2.45, 2.75) is 12.5 Å². The van der Waals surface area contributed by atoms with Gasteiger partial charge in [-0.3, -0.25) is 4.79 Å². The van der Waals surface area contributed by atoms with Crippen molar-refractivity contribution >= 4 is 34.0 Å². The summed E-state index contributed by atoms with van der Waals surface area (Å²) in [6.07, 6.45) is -0.409. The molecule has 84 valence electrons. The molecule has 7 heteroatoms. The third-order valence-electron chi connectivity index (χ3n) is 1.69. The number of hydrogen-bond donors (Lipinski definition) is 2. The highest BCUT2D eigenvalue weighted by molar-refractivity contribution is 7.14. The zero-order valence-corrected chi connectivity index (χ0v) is 9.64. The number of carbonyl (C=O) groups is 1. The Morgan fingerprint density at radius 2 is 2.60 bits per heavy atom. The summed E-state index contributed by atoms with van der Waals surface area (Å²) in [5, 5.41) is 14.3. The van der Waals surface area contributed by atoms with E-state index in [1.54, 1.807) is 5.38 Å². The topological polar surface area (TPSA) is 71.5 Å². The molecule has 1 heterocycles. The van der Waals surface area contributed by atoms with Gasteiger partial charge in [-0.15, -0.1) is 11.3 Å². The molecule has 5 nitrogen and oxygen atoms in total. The van der Waals surface area contributed by atoms with Crippen molar-refractivity contribution in [2.24, 2.45) is 0 Å². The van der Waals surface area contributed by atoms with E-state index < -0.39 is 5.97 Å². The lowest BCUT2D eigenvalue weighted by atomic mass is 10.2. The van der Waals surface area contributed by atoms with E-state index in [1.165, 1.54) is 18.4 Å².